The second kappa shape index (κ2) is 8.88. The smallest absolute Gasteiger partial charge is 0.270 e. The molecule has 0 saturated carbocycles. The van der Waals surface area contributed by atoms with Crippen LogP contribution in [0.15, 0.2) is 97.2 Å². The van der Waals surface area contributed by atoms with Crippen LogP contribution in [0.4, 0.5) is 5.82 Å². The number of aryl methyl sites for hydroxylation is 2. The first-order valence-corrected chi connectivity index (χ1v) is 13.2. The highest BCUT2D eigenvalue weighted by Gasteiger charge is 2.59. The molecule has 0 spiro atoms. The van der Waals surface area contributed by atoms with Gasteiger partial charge < -0.3 is 0 Å². The summed E-state index contributed by atoms with van der Waals surface area (Å²) in [5.41, 5.74) is 1.50. The average molecular weight is 453 g/mol. The van der Waals surface area contributed by atoms with Gasteiger partial charge in [-0.2, -0.15) is 0 Å². The molecule has 0 bridgehead atoms. The zero-order chi connectivity index (χ0) is 22.8. The molecule has 164 valence electrons. The molecule has 4 nitrogen and oxygen atoms in total. The van der Waals surface area contributed by atoms with E-state index in [1.165, 1.54) is 15.9 Å². The molecule has 1 aliphatic heterocycles. The summed E-state index contributed by atoms with van der Waals surface area (Å²) in [4.78, 5) is 25.2. The number of hydrogen-bond acceptors (Lipinski definition) is 3. The molecule has 5 rings (SSSR count). The van der Waals surface area contributed by atoms with E-state index >= 15 is 0 Å². The lowest BCUT2D eigenvalue weighted by Crippen LogP contribution is -2.43. The highest BCUT2D eigenvalue weighted by Crippen LogP contribution is 2.62. The number of benzene rings is 3. The third-order valence-electron chi connectivity index (χ3n) is 6.43. The van der Waals surface area contributed by atoms with Crippen molar-refractivity contribution in [2.75, 3.05) is 11.4 Å². The average Bonchev–Trinajstić information content (AvgIpc) is 3.23. The monoisotopic (exact) mass is 452 g/mol. The number of carbonyl (C=O) groups excluding carboxylic acids is 1. The van der Waals surface area contributed by atoms with Gasteiger partial charge in [-0.05, 0) is 50.2 Å². The molecule has 0 N–H and O–H groups in total. The molecule has 1 unspecified atom stereocenters. The van der Waals surface area contributed by atoms with Crippen LogP contribution in [-0.4, -0.2) is 28.1 Å². The van der Waals surface area contributed by atoms with Gasteiger partial charge in [0.2, 0.25) is 0 Å². The van der Waals surface area contributed by atoms with Gasteiger partial charge in [-0.3, -0.25) is 14.7 Å². The molecule has 1 fully saturated rings. The van der Waals surface area contributed by atoms with Crippen LogP contribution in [-0.2, 0) is 4.79 Å². The fourth-order valence-electron chi connectivity index (χ4n) is 5.07. The summed E-state index contributed by atoms with van der Waals surface area (Å²) in [5.74, 6) is 0.821. The van der Waals surface area contributed by atoms with Gasteiger partial charge in [0, 0.05) is 13.0 Å². The van der Waals surface area contributed by atoms with E-state index < -0.39 is 7.26 Å². The highest BCUT2D eigenvalue weighted by molar-refractivity contribution is 7.97. The van der Waals surface area contributed by atoms with E-state index in [2.05, 4.69) is 82.8 Å². The van der Waals surface area contributed by atoms with Gasteiger partial charge in [-0.25, -0.2) is 4.98 Å². The Balaban J connectivity index is 1.72. The van der Waals surface area contributed by atoms with Gasteiger partial charge in [0.25, 0.3) is 5.91 Å². The predicted molar refractivity (Wildman–Crippen MR) is 137 cm³/mol. The number of carbonyl (C=O) groups is 1. The first kappa shape index (κ1) is 21.5. The van der Waals surface area contributed by atoms with E-state index in [1.54, 1.807) is 6.20 Å². The van der Waals surface area contributed by atoms with E-state index in [0.717, 1.165) is 17.8 Å². The van der Waals surface area contributed by atoms with Crippen LogP contribution in [0.3, 0.4) is 0 Å². The quantitative estimate of drug-likeness (QED) is 0.427. The minimum Gasteiger partial charge on any atom is -0.292 e. The fraction of sp³-hybridized carbons (Fsp3) is 0.179. The summed E-state index contributed by atoms with van der Waals surface area (Å²) >= 11 is 0. The molecular weight excluding hydrogens is 425 g/mol. The maximum absolute atomic E-state index is 14.2. The lowest BCUT2D eigenvalue weighted by molar-refractivity contribution is -0.116. The number of anilines is 1. The van der Waals surface area contributed by atoms with E-state index in [0.29, 0.717) is 12.4 Å². The van der Waals surface area contributed by atoms with Crippen LogP contribution >= 0.6 is 7.26 Å². The Kier molecular flexibility index (Phi) is 5.78. The molecule has 33 heavy (non-hydrogen) atoms. The number of amides is 1. The fourth-order valence-corrected chi connectivity index (χ4v) is 9.94. The number of nitrogens with zero attached hydrogens (tertiary/aromatic N) is 3. The molecular formula is C28H27N3OP+. The van der Waals surface area contributed by atoms with Gasteiger partial charge >= 0.3 is 0 Å². The predicted octanol–water partition coefficient (Wildman–Crippen LogP) is 4.19. The summed E-state index contributed by atoms with van der Waals surface area (Å²) in [6.07, 6.45) is 2.53. The number of hydrogen-bond donors (Lipinski definition) is 0. The van der Waals surface area contributed by atoms with Crippen molar-refractivity contribution in [3.8, 4) is 0 Å². The summed E-state index contributed by atoms with van der Waals surface area (Å²) in [6.45, 7) is 4.51. The van der Waals surface area contributed by atoms with Gasteiger partial charge in [0.05, 0.1) is 17.6 Å². The van der Waals surface area contributed by atoms with E-state index in [1.807, 2.05) is 36.9 Å². The summed E-state index contributed by atoms with van der Waals surface area (Å²) in [5, 5.41) is 3.69. The summed E-state index contributed by atoms with van der Waals surface area (Å²) < 4.78 is 0. The normalized spacial score (nSPS) is 16.2. The van der Waals surface area contributed by atoms with Crippen molar-refractivity contribution < 1.29 is 4.79 Å². The number of rotatable bonds is 5. The largest absolute Gasteiger partial charge is 0.292 e. The molecule has 0 aliphatic carbocycles. The second-order valence-corrected chi connectivity index (χ2v) is 12.1. The minimum absolute atomic E-state index is 0.140. The van der Waals surface area contributed by atoms with Crippen molar-refractivity contribution in [1.82, 2.24) is 9.97 Å². The molecule has 1 atom stereocenters. The Morgan fingerprint density at radius 2 is 1.27 bits per heavy atom. The Morgan fingerprint density at radius 1 is 0.788 bits per heavy atom. The summed E-state index contributed by atoms with van der Waals surface area (Å²) in [7, 11) is -2.28. The first-order chi connectivity index (χ1) is 16.1. The molecule has 1 amide bonds. The molecule has 1 aromatic heterocycles. The van der Waals surface area contributed by atoms with Crippen LogP contribution in [0.5, 0.6) is 0 Å². The van der Waals surface area contributed by atoms with Gasteiger partial charge in [0.1, 0.15) is 23.2 Å². The van der Waals surface area contributed by atoms with Crippen LogP contribution in [0.1, 0.15) is 17.8 Å². The Labute approximate surface area is 195 Å². The minimum atomic E-state index is -2.28. The number of aromatic nitrogens is 2. The van der Waals surface area contributed by atoms with Crippen molar-refractivity contribution in [1.29, 1.82) is 0 Å². The first-order valence-electron chi connectivity index (χ1n) is 11.3. The SMILES string of the molecule is Cc1cnc(N2CCC([P+](c3ccccc3)(c3ccccc3)c3ccccc3)C2=O)c(C)n1. The molecule has 1 saturated heterocycles. The Hall–Kier alpha value is -3.36. The lowest BCUT2D eigenvalue weighted by atomic mass is 10.3. The maximum atomic E-state index is 14.2. The van der Waals surface area contributed by atoms with Crippen LogP contribution in [0.25, 0.3) is 0 Å². The van der Waals surface area contributed by atoms with Gasteiger partial charge in [-0.15, -0.1) is 0 Å². The van der Waals surface area contributed by atoms with Gasteiger partial charge in [-0.1, -0.05) is 54.6 Å². The Bertz CT molecular complexity index is 1170. The maximum Gasteiger partial charge on any atom is 0.270 e. The standard InChI is InChI=1S/C28H27N3OP/c1-21-20-29-27(22(2)30-21)31-19-18-26(28(31)32)33(23-12-6-3-7-13-23,24-14-8-4-9-15-24)25-16-10-5-11-17-25/h3-17,20,26H,18-19H2,1-2H3/q+1. The molecule has 0 radical (unpaired) electrons. The zero-order valence-corrected chi connectivity index (χ0v) is 19.8. The topological polar surface area (TPSA) is 46.1 Å². The molecule has 4 aromatic rings. The second-order valence-electron chi connectivity index (χ2n) is 8.44. The van der Waals surface area contributed by atoms with Crippen molar-refractivity contribution in [3.63, 3.8) is 0 Å². The van der Waals surface area contributed by atoms with Crippen LogP contribution in [0.2, 0.25) is 0 Å². The molecule has 3 aromatic carbocycles. The van der Waals surface area contributed by atoms with Crippen molar-refractivity contribution >= 4 is 34.9 Å². The molecule has 2 heterocycles. The van der Waals surface area contributed by atoms with Crippen molar-refractivity contribution in [3.05, 3.63) is 109 Å². The molecule has 5 heteroatoms. The van der Waals surface area contributed by atoms with E-state index in [-0.39, 0.29) is 11.6 Å². The van der Waals surface area contributed by atoms with Crippen molar-refractivity contribution in [2.24, 2.45) is 0 Å². The van der Waals surface area contributed by atoms with Crippen LogP contribution < -0.4 is 20.8 Å². The lowest BCUT2D eigenvalue weighted by Gasteiger charge is -2.31. The van der Waals surface area contributed by atoms with E-state index in [9.17, 15) is 4.79 Å². The highest BCUT2D eigenvalue weighted by atomic mass is 31.2. The zero-order valence-electron chi connectivity index (χ0n) is 18.9. The van der Waals surface area contributed by atoms with Crippen LogP contribution in [0, 0.1) is 13.8 Å². The Morgan fingerprint density at radius 3 is 1.73 bits per heavy atom. The summed E-state index contributed by atoms with van der Waals surface area (Å²) in [6, 6.07) is 31.8. The third kappa shape index (κ3) is 3.65. The third-order valence-corrected chi connectivity index (χ3v) is 11.2. The van der Waals surface area contributed by atoms with E-state index in [4.69, 9.17) is 0 Å². The van der Waals surface area contributed by atoms with Crippen molar-refractivity contribution in [2.45, 2.75) is 25.9 Å². The van der Waals surface area contributed by atoms with Gasteiger partial charge in [0.15, 0.2) is 11.5 Å². The molecule has 1 aliphatic rings.